The van der Waals surface area contributed by atoms with Gasteiger partial charge in [-0.05, 0) is 23.5 Å². The zero-order valence-corrected chi connectivity index (χ0v) is 12.4. The van der Waals surface area contributed by atoms with Gasteiger partial charge >= 0.3 is 23.1 Å². The summed E-state index contributed by atoms with van der Waals surface area (Å²) in [6.45, 7) is 0. The van der Waals surface area contributed by atoms with E-state index in [4.69, 9.17) is 0 Å². The minimum atomic E-state index is -1.65. The van der Waals surface area contributed by atoms with Gasteiger partial charge < -0.3 is 39.7 Å². The number of H-pyrrole nitrogens is 2. The third-order valence-corrected chi connectivity index (χ3v) is 1.86. The fourth-order valence-electron chi connectivity index (χ4n) is 1.08. The van der Waals surface area contributed by atoms with Crippen LogP contribution in [0, 0.1) is 0 Å². The van der Waals surface area contributed by atoms with Gasteiger partial charge in [0.05, 0.1) is 11.9 Å². The maximum atomic E-state index is 10.4. The smallest absolute Gasteiger partial charge is 0.545 e. The number of hydrogen-bond donors (Lipinski definition) is 2. The second kappa shape index (κ2) is 8.49. The van der Waals surface area contributed by atoms with Crippen molar-refractivity contribution in [1.82, 2.24) is 19.9 Å². The first-order valence-corrected chi connectivity index (χ1v) is 5.18. The van der Waals surface area contributed by atoms with Crippen molar-refractivity contribution in [1.29, 1.82) is 0 Å². The number of carbonyl (C=O) groups is 2. The van der Waals surface area contributed by atoms with Crippen LogP contribution in [0.1, 0.15) is 21.0 Å². The van der Waals surface area contributed by atoms with E-state index in [1.165, 1.54) is 0 Å². The first kappa shape index (κ1) is 20.1. The molecule has 2 aromatic heterocycles. The quantitative estimate of drug-likeness (QED) is 0.496. The first-order valence-electron chi connectivity index (χ1n) is 5.18. The van der Waals surface area contributed by atoms with Crippen LogP contribution in [0.4, 0.5) is 0 Å². The van der Waals surface area contributed by atoms with Crippen molar-refractivity contribution >= 4 is 35.0 Å². The van der Waals surface area contributed by atoms with E-state index in [0.717, 1.165) is 0 Å². The van der Waals surface area contributed by atoms with Gasteiger partial charge in [0.25, 0.3) is 0 Å². The van der Waals surface area contributed by atoms with Crippen LogP contribution in [0.5, 0.6) is 0 Å². The molecule has 0 aliphatic rings. The fourth-order valence-corrected chi connectivity index (χ4v) is 1.08. The molecule has 116 valence electrons. The summed E-state index contributed by atoms with van der Waals surface area (Å²) in [5, 5.41) is 20.1. The van der Waals surface area contributed by atoms with Crippen LogP contribution >= 0.6 is 0 Å². The van der Waals surface area contributed by atoms with E-state index in [2.05, 4.69) is 9.97 Å². The van der Waals surface area contributed by atoms with Crippen molar-refractivity contribution in [3.05, 3.63) is 65.2 Å². The average molecular weight is 332 g/mol. The van der Waals surface area contributed by atoms with Crippen LogP contribution in [0.15, 0.2) is 31.3 Å². The van der Waals surface area contributed by atoms with Gasteiger partial charge in [-0.2, -0.15) is 0 Å². The molecule has 2 rings (SSSR count). The van der Waals surface area contributed by atoms with Crippen molar-refractivity contribution in [2.24, 2.45) is 0 Å². The summed E-state index contributed by atoms with van der Waals surface area (Å²) < 4.78 is 0. The number of carboxylic acids is 2. The third-order valence-electron chi connectivity index (χ3n) is 1.86. The number of carboxylic acid groups (broad SMARTS) is 2. The molecule has 0 bridgehead atoms. The standard InChI is InChI=1S/2C5H4N2O4.Mg/c2*8-3-1-2(4(9)10)6-5(11)7-3;/h2*1H,(H3,6,7,8,9,10,11);/q;;+2/p-4. The maximum absolute atomic E-state index is 10.4. The Labute approximate surface area is 140 Å². The molecular weight excluding hydrogens is 328 g/mol. The van der Waals surface area contributed by atoms with Gasteiger partial charge in [0.2, 0.25) is 0 Å². The van der Waals surface area contributed by atoms with E-state index in [1.807, 2.05) is 0 Å². The minimum absolute atomic E-state index is 0. The second-order valence-electron chi connectivity index (χ2n) is 3.45. The number of aromatic carboxylic acids is 2. The number of rotatable bonds is 2. The summed E-state index contributed by atoms with van der Waals surface area (Å²) in [7, 11) is 0. The van der Waals surface area contributed by atoms with Crippen LogP contribution in [0.25, 0.3) is 0 Å². The number of hydrogen-bond acceptors (Lipinski definition) is 8. The fraction of sp³-hybridized carbons (Fsp3) is 0. The van der Waals surface area contributed by atoms with E-state index in [-0.39, 0.29) is 23.1 Å². The minimum Gasteiger partial charge on any atom is -0.545 e. The Balaban J connectivity index is 0.000000403. The topological polar surface area (TPSA) is 208 Å². The third kappa shape index (κ3) is 6.57. The summed E-state index contributed by atoms with van der Waals surface area (Å²) in [5.74, 6) is -3.29. The Morgan fingerprint density at radius 1 is 0.783 bits per heavy atom. The van der Waals surface area contributed by atoms with Crippen molar-refractivity contribution in [2.45, 2.75) is 0 Å². The largest absolute Gasteiger partial charge is 2.00 e. The normalized spacial score (nSPS) is 9.04. The van der Waals surface area contributed by atoms with Gasteiger partial charge in [0.1, 0.15) is 0 Å². The van der Waals surface area contributed by atoms with Gasteiger partial charge in [-0.15, -0.1) is 0 Å². The van der Waals surface area contributed by atoms with Crippen LogP contribution in [0.3, 0.4) is 0 Å². The average Bonchev–Trinajstić information content (AvgIpc) is 2.37. The molecule has 0 fully saturated rings. The van der Waals surface area contributed by atoms with Crippen LogP contribution in [-0.4, -0.2) is 45.0 Å². The van der Waals surface area contributed by atoms with Crippen LogP contribution in [0.2, 0.25) is 0 Å². The van der Waals surface area contributed by atoms with Gasteiger partial charge in [0, 0.05) is 0 Å². The summed E-state index contributed by atoms with van der Waals surface area (Å²) in [5.41, 5.74) is -4.89. The summed E-state index contributed by atoms with van der Waals surface area (Å²) in [6.07, 6.45) is 0. The number of carbonyl (C=O) groups excluding carboxylic acids is 2. The summed E-state index contributed by atoms with van der Waals surface area (Å²) in [6, 6.07) is 1.35. The van der Waals surface area contributed by atoms with Crippen molar-refractivity contribution in [3.63, 3.8) is 0 Å². The maximum Gasteiger partial charge on any atom is 2.00 e. The SMILES string of the molecule is O=C([O-])c1cc(=O)[nH]c(=O)[n-]1.O=C([O-])c1cc(=O)[nH]c(=O)[n-]1.[Mg+2]. The molecule has 2 N–H and O–H groups in total. The molecular formula is C10H4MgN4O8-2. The molecule has 0 saturated heterocycles. The molecule has 0 unspecified atom stereocenters. The predicted molar refractivity (Wildman–Crippen MR) is 67.7 cm³/mol. The zero-order chi connectivity index (χ0) is 16.9. The molecule has 12 nitrogen and oxygen atoms in total. The number of aromatic nitrogens is 4. The van der Waals surface area contributed by atoms with E-state index in [1.54, 1.807) is 9.97 Å². The van der Waals surface area contributed by atoms with E-state index in [0.29, 0.717) is 12.1 Å². The van der Waals surface area contributed by atoms with Gasteiger partial charge in [-0.3, -0.25) is 19.2 Å². The number of aromatic amines is 2. The molecule has 13 heteroatoms. The Morgan fingerprint density at radius 2 is 1.09 bits per heavy atom. The van der Waals surface area contributed by atoms with Crippen molar-refractivity contribution in [3.8, 4) is 0 Å². The molecule has 2 aromatic rings. The predicted octanol–water partition coefficient (Wildman–Crippen LogP) is -6.27. The molecule has 0 amide bonds. The molecule has 23 heavy (non-hydrogen) atoms. The van der Waals surface area contributed by atoms with Gasteiger partial charge in [0.15, 0.2) is 22.5 Å². The number of nitrogens with one attached hydrogen (secondary N) is 2. The Hall–Kier alpha value is -2.93. The monoisotopic (exact) mass is 332 g/mol. The second-order valence-corrected chi connectivity index (χ2v) is 3.45. The molecule has 0 spiro atoms. The van der Waals surface area contributed by atoms with Crippen LogP contribution < -0.4 is 42.7 Å². The number of nitrogens with zero attached hydrogens (tertiary/aromatic N) is 2. The van der Waals surface area contributed by atoms with E-state index in [9.17, 15) is 39.0 Å². The van der Waals surface area contributed by atoms with Crippen LogP contribution in [-0.2, 0) is 0 Å². The summed E-state index contributed by atoms with van der Waals surface area (Å²) >= 11 is 0. The Morgan fingerprint density at radius 3 is 1.30 bits per heavy atom. The first-order chi connectivity index (χ1) is 10.2. The Bertz CT molecular complexity index is 803. The van der Waals surface area contributed by atoms with E-state index >= 15 is 0 Å². The van der Waals surface area contributed by atoms with Crippen molar-refractivity contribution < 1.29 is 19.8 Å². The molecule has 0 aliphatic carbocycles. The van der Waals surface area contributed by atoms with E-state index < -0.39 is 45.8 Å². The zero-order valence-electron chi connectivity index (χ0n) is 11.0. The Kier molecular flexibility index (Phi) is 7.41. The van der Waals surface area contributed by atoms with Gasteiger partial charge in [-0.1, -0.05) is 0 Å². The molecule has 0 atom stereocenters. The molecule has 0 radical (unpaired) electrons. The molecule has 0 saturated carbocycles. The van der Waals surface area contributed by atoms with Gasteiger partial charge in [-0.25, -0.2) is 0 Å². The summed E-state index contributed by atoms with van der Waals surface area (Å²) in [4.78, 5) is 71.1. The molecule has 2 heterocycles. The molecule has 0 aromatic carbocycles. The molecule has 0 aliphatic heterocycles. The van der Waals surface area contributed by atoms with Crippen molar-refractivity contribution in [2.75, 3.05) is 0 Å².